The third-order valence-electron chi connectivity index (χ3n) is 12.4. The monoisotopic (exact) mass is 849 g/mol. The molecule has 0 saturated carbocycles. The second-order valence-corrected chi connectivity index (χ2v) is 18.5. The van der Waals surface area contributed by atoms with Crippen molar-refractivity contribution >= 4 is 17.9 Å². The predicted octanol–water partition coefficient (Wildman–Crippen LogP) is 17.6. The molecule has 0 amide bonds. The molecule has 0 aromatic rings. The molecule has 356 valence electrons. The molecule has 0 heterocycles. The summed E-state index contributed by atoms with van der Waals surface area (Å²) in [7, 11) is 0. The van der Waals surface area contributed by atoms with E-state index in [1.165, 1.54) is 212 Å². The highest BCUT2D eigenvalue weighted by atomic mass is 16.6. The molecule has 0 N–H and O–H groups in total. The molecule has 0 bridgehead atoms. The summed E-state index contributed by atoms with van der Waals surface area (Å²) in [6.45, 7) is 6.68. The Bertz CT molecular complexity index is 889. The third kappa shape index (κ3) is 47.5. The normalized spacial score (nSPS) is 11.8. The zero-order valence-electron chi connectivity index (χ0n) is 40.8. The SMILES string of the molecule is CCCCCCCCCCCCCCCCCCCCCC(=O)OC[C@H](COC(=O)CCCCCCCCCCCCC)OC(=O)CCCCCCCCCCCCCC. The topological polar surface area (TPSA) is 78.9 Å². The standard InChI is InChI=1S/C54H104O6/c1-4-7-10-13-16-19-22-24-25-26-27-28-29-30-33-35-38-41-44-47-53(56)59-50-51(49-58-52(55)46-43-40-37-34-31-21-18-15-12-9-6-3)60-54(57)48-45-42-39-36-32-23-20-17-14-11-8-5-2/h51H,4-50H2,1-3H3/t51-/m0/s1. The molecule has 0 aliphatic heterocycles. The molecule has 0 saturated heterocycles. The predicted molar refractivity (Wildman–Crippen MR) is 257 cm³/mol. The van der Waals surface area contributed by atoms with Crippen LogP contribution in [0.3, 0.4) is 0 Å². The summed E-state index contributed by atoms with van der Waals surface area (Å²) in [5, 5.41) is 0. The van der Waals surface area contributed by atoms with E-state index in [2.05, 4.69) is 20.8 Å². The molecule has 0 aliphatic carbocycles. The van der Waals surface area contributed by atoms with Gasteiger partial charge in [0.25, 0.3) is 0 Å². The van der Waals surface area contributed by atoms with Crippen LogP contribution in [0.5, 0.6) is 0 Å². The number of hydrogen-bond acceptors (Lipinski definition) is 6. The van der Waals surface area contributed by atoms with Crippen LogP contribution in [0.15, 0.2) is 0 Å². The van der Waals surface area contributed by atoms with Gasteiger partial charge in [0.15, 0.2) is 6.10 Å². The third-order valence-corrected chi connectivity index (χ3v) is 12.4. The summed E-state index contributed by atoms with van der Waals surface area (Å²) in [5.41, 5.74) is 0. The van der Waals surface area contributed by atoms with Crippen LogP contribution in [0.1, 0.15) is 310 Å². The first-order valence-electron chi connectivity index (χ1n) is 27.0. The van der Waals surface area contributed by atoms with Crippen LogP contribution in [-0.2, 0) is 28.6 Å². The Kier molecular flexibility index (Phi) is 48.7. The van der Waals surface area contributed by atoms with E-state index in [4.69, 9.17) is 14.2 Å². The van der Waals surface area contributed by atoms with E-state index >= 15 is 0 Å². The van der Waals surface area contributed by atoms with Crippen molar-refractivity contribution in [3.63, 3.8) is 0 Å². The van der Waals surface area contributed by atoms with Crippen molar-refractivity contribution in [3.8, 4) is 0 Å². The van der Waals surface area contributed by atoms with E-state index in [1.54, 1.807) is 0 Å². The molecule has 0 fully saturated rings. The van der Waals surface area contributed by atoms with Gasteiger partial charge in [-0.1, -0.05) is 271 Å². The minimum atomic E-state index is -0.759. The molecule has 0 aromatic heterocycles. The minimum Gasteiger partial charge on any atom is -0.462 e. The lowest BCUT2D eigenvalue weighted by atomic mass is 10.0. The van der Waals surface area contributed by atoms with Crippen LogP contribution in [0.25, 0.3) is 0 Å². The van der Waals surface area contributed by atoms with Crippen molar-refractivity contribution in [1.29, 1.82) is 0 Å². The summed E-state index contributed by atoms with van der Waals surface area (Å²) in [6, 6.07) is 0. The van der Waals surface area contributed by atoms with Gasteiger partial charge in [-0.05, 0) is 19.3 Å². The van der Waals surface area contributed by atoms with Crippen LogP contribution in [-0.4, -0.2) is 37.2 Å². The van der Waals surface area contributed by atoms with Crippen LogP contribution in [0, 0.1) is 0 Å². The molecule has 0 rings (SSSR count). The van der Waals surface area contributed by atoms with Gasteiger partial charge in [0.1, 0.15) is 13.2 Å². The van der Waals surface area contributed by atoms with Crippen molar-refractivity contribution in [3.05, 3.63) is 0 Å². The summed E-state index contributed by atoms with van der Waals surface area (Å²) in [6.07, 6.45) is 53.8. The fourth-order valence-electron chi connectivity index (χ4n) is 8.27. The van der Waals surface area contributed by atoms with Gasteiger partial charge in [0.05, 0.1) is 0 Å². The average molecular weight is 849 g/mol. The largest absolute Gasteiger partial charge is 0.462 e. The zero-order valence-corrected chi connectivity index (χ0v) is 40.8. The molecule has 0 aromatic carbocycles. The van der Waals surface area contributed by atoms with Crippen LogP contribution in [0.4, 0.5) is 0 Å². The van der Waals surface area contributed by atoms with E-state index in [9.17, 15) is 14.4 Å². The molecule has 6 heteroatoms. The van der Waals surface area contributed by atoms with Crippen molar-refractivity contribution in [1.82, 2.24) is 0 Å². The van der Waals surface area contributed by atoms with Gasteiger partial charge in [-0.25, -0.2) is 0 Å². The van der Waals surface area contributed by atoms with Gasteiger partial charge >= 0.3 is 17.9 Å². The van der Waals surface area contributed by atoms with Gasteiger partial charge < -0.3 is 14.2 Å². The van der Waals surface area contributed by atoms with E-state index in [0.29, 0.717) is 19.3 Å². The van der Waals surface area contributed by atoms with E-state index in [-0.39, 0.29) is 31.1 Å². The Balaban J connectivity index is 4.23. The van der Waals surface area contributed by atoms with Crippen LogP contribution >= 0.6 is 0 Å². The first-order valence-corrected chi connectivity index (χ1v) is 27.0. The molecule has 6 nitrogen and oxygen atoms in total. The molecular formula is C54H104O6. The van der Waals surface area contributed by atoms with Crippen LogP contribution < -0.4 is 0 Å². The van der Waals surface area contributed by atoms with E-state index in [1.807, 2.05) is 0 Å². The number of hydrogen-bond donors (Lipinski definition) is 0. The zero-order chi connectivity index (χ0) is 43.7. The maximum atomic E-state index is 12.8. The van der Waals surface area contributed by atoms with Crippen molar-refractivity contribution < 1.29 is 28.6 Å². The molecule has 0 spiro atoms. The lowest BCUT2D eigenvalue weighted by Crippen LogP contribution is -2.30. The number of esters is 3. The second-order valence-electron chi connectivity index (χ2n) is 18.5. The molecule has 0 radical (unpaired) electrons. The van der Waals surface area contributed by atoms with Gasteiger partial charge in [-0.15, -0.1) is 0 Å². The number of carbonyl (C=O) groups excluding carboxylic acids is 3. The Labute approximate surface area is 374 Å². The highest BCUT2D eigenvalue weighted by Gasteiger charge is 2.19. The van der Waals surface area contributed by atoms with Crippen molar-refractivity contribution in [2.45, 2.75) is 316 Å². The average Bonchev–Trinajstić information content (AvgIpc) is 3.24. The van der Waals surface area contributed by atoms with Gasteiger partial charge in [-0.2, -0.15) is 0 Å². The van der Waals surface area contributed by atoms with Crippen molar-refractivity contribution in [2.24, 2.45) is 0 Å². The maximum absolute atomic E-state index is 12.8. The lowest BCUT2D eigenvalue weighted by Gasteiger charge is -2.18. The maximum Gasteiger partial charge on any atom is 0.306 e. The van der Waals surface area contributed by atoms with E-state index < -0.39 is 6.10 Å². The smallest absolute Gasteiger partial charge is 0.306 e. The summed E-state index contributed by atoms with van der Waals surface area (Å²) in [4.78, 5) is 37.9. The van der Waals surface area contributed by atoms with Gasteiger partial charge in [0.2, 0.25) is 0 Å². The summed E-state index contributed by atoms with van der Waals surface area (Å²) < 4.78 is 16.8. The summed E-state index contributed by atoms with van der Waals surface area (Å²) in [5.74, 6) is -0.840. The summed E-state index contributed by atoms with van der Waals surface area (Å²) >= 11 is 0. The Morgan fingerprint density at radius 1 is 0.267 bits per heavy atom. The fourth-order valence-corrected chi connectivity index (χ4v) is 8.27. The lowest BCUT2D eigenvalue weighted by molar-refractivity contribution is -0.167. The van der Waals surface area contributed by atoms with Crippen LogP contribution in [0.2, 0.25) is 0 Å². The number of rotatable bonds is 50. The van der Waals surface area contributed by atoms with Gasteiger partial charge in [0, 0.05) is 19.3 Å². The highest BCUT2D eigenvalue weighted by Crippen LogP contribution is 2.17. The molecule has 1 atom stereocenters. The first kappa shape index (κ1) is 58.4. The molecular weight excluding hydrogens is 745 g/mol. The van der Waals surface area contributed by atoms with Gasteiger partial charge in [-0.3, -0.25) is 14.4 Å². The molecule has 0 aliphatic rings. The molecule has 60 heavy (non-hydrogen) atoms. The Hall–Kier alpha value is -1.59. The van der Waals surface area contributed by atoms with Crippen molar-refractivity contribution in [2.75, 3.05) is 13.2 Å². The Morgan fingerprint density at radius 3 is 0.667 bits per heavy atom. The highest BCUT2D eigenvalue weighted by molar-refractivity contribution is 5.71. The molecule has 0 unspecified atom stereocenters. The first-order chi connectivity index (χ1) is 29.5. The second kappa shape index (κ2) is 50.1. The van der Waals surface area contributed by atoms with E-state index in [0.717, 1.165) is 57.8 Å². The Morgan fingerprint density at radius 2 is 0.450 bits per heavy atom. The number of unbranched alkanes of at least 4 members (excludes halogenated alkanes) is 39. The number of ether oxygens (including phenoxy) is 3. The fraction of sp³-hybridized carbons (Fsp3) is 0.944. The number of carbonyl (C=O) groups is 3. The minimum absolute atomic E-state index is 0.0616. The quantitative estimate of drug-likeness (QED) is 0.0345.